The summed E-state index contributed by atoms with van der Waals surface area (Å²) in [4.78, 5) is 34.6. The number of hydrogen-bond acceptors (Lipinski definition) is 4. The van der Waals surface area contributed by atoms with Crippen molar-refractivity contribution >= 4 is 56.0 Å². The lowest BCUT2D eigenvalue weighted by atomic mass is 9.76. The number of likely N-dealkylation sites (tertiary alicyclic amines) is 1. The summed E-state index contributed by atoms with van der Waals surface area (Å²) in [6, 6.07) is 19.2. The Morgan fingerprint density at radius 1 is 1.13 bits per heavy atom. The molecule has 2 aromatic heterocycles. The van der Waals surface area contributed by atoms with Crippen molar-refractivity contribution in [2.45, 2.75) is 42.5 Å². The number of amides is 2. The summed E-state index contributed by atoms with van der Waals surface area (Å²) in [7, 11) is 0.199. The topological polar surface area (TPSA) is 75.5 Å². The van der Waals surface area contributed by atoms with Gasteiger partial charge in [0, 0.05) is 36.1 Å². The number of hydrogen-bond donors (Lipinski definition) is 0. The summed E-state index contributed by atoms with van der Waals surface area (Å²) in [6.45, 7) is 2.69. The highest BCUT2D eigenvalue weighted by molar-refractivity contribution is 9.10. The van der Waals surface area contributed by atoms with Gasteiger partial charge in [-0.2, -0.15) is 0 Å². The molecule has 1 fully saturated rings. The van der Waals surface area contributed by atoms with Gasteiger partial charge in [-0.1, -0.05) is 48.5 Å². The van der Waals surface area contributed by atoms with E-state index in [2.05, 4.69) is 15.9 Å². The van der Waals surface area contributed by atoms with Crippen LogP contribution in [0.5, 0.6) is 0 Å². The SMILES string of the molecule is CN1C(=O)C(C)(CC2CCCN2C=O)c2c1cnc1c2c(-c2ccccc2)c(Br)n1S(=O)c1ccccc1. The van der Waals surface area contributed by atoms with Crippen molar-refractivity contribution in [3.05, 3.63) is 77.0 Å². The van der Waals surface area contributed by atoms with E-state index in [0.717, 1.165) is 47.0 Å². The van der Waals surface area contributed by atoms with E-state index in [0.29, 0.717) is 28.1 Å². The molecule has 2 amide bonds. The molecular formula is C29H27BrN4O3S. The lowest BCUT2D eigenvalue weighted by Gasteiger charge is -2.30. The second-order valence-corrected chi connectivity index (χ2v) is 12.2. The van der Waals surface area contributed by atoms with Crippen molar-refractivity contribution in [3.8, 4) is 11.1 Å². The quantitative estimate of drug-likeness (QED) is 0.286. The van der Waals surface area contributed by atoms with Gasteiger partial charge in [-0.25, -0.2) is 13.2 Å². The smallest absolute Gasteiger partial charge is 0.237 e. The molecule has 2 aliphatic rings. The molecule has 0 saturated carbocycles. The Morgan fingerprint density at radius 3 is 2.50 bits per heavy atom. The molecule has 0 bridgehead atoms. The van der Waals surface area contributed by atoms with Gasteiger partial charge >= 0.3 is 0 Å². The van der Waals surface area contributed by atoms with Crippen molar-refractivity contribution in [1.29, 1.82) is 0 Å². The molecule has 194 valence electrons. The number of benzene rings is 2. The summed E-state index contributed by atoms with van der Waals surface area (Å²) in [5.74, 6) is -0.0217. The fourth-order valence-corrected chi connectivity index (χ4v) is 8.24. The maximum atomic E-state index is 14.0. The van der Waals surface area contributed by atoms with Crippen molar-refractivity contribution < 1.29 is 13.8 Å². The van der Waals surface area contributed by atoms with Crippen LogP contribution in [0.4, 0.5) is 5.69 Å². The van der Waals surface area contributed by atoms with E-state index < -0.39 is 16.4 Å². The van der Waals surface area contributed by atoms with Gasteiger partial charge in [0.1, 0.15) is 4.60 Å². The first-order valence-electron chi connectivity index (χ1n) is 12.6. The fourth-order valence-electron chi connectivity index (χ4n) is 6.12. The fraction of sp³-hybridized carbons (Fsp3) is 0.276. The molecule has 0 aliphatic carbocycles. The molecule has 4 aromatic rings. The number of carbonyl (C=O) groups is 2. The van der Waals surface area contributed by atoms with Crippen LogP contribution in [0.25, 0.3) is 22.2 Å². The lowest BCUT2D eigenvalue weighted by molar-refractivity contribution is -0.124. The first-order valence-corrected chi connectivity index (χ1v) is 14.5. The van der Waals surface area contributed by atoms with E-state index in [1.807, 2.05) is 72.5 Å². The van der Waals surface area contributed by atoms with E-state index in [1.165, 1.54) is 0 Å². The number of aromatic nitrogens is 2. The zero-order chi connectivity index (χ0) is 26.6. The average Bonchev–Trinajstić information content (AvgIpc) is 3.57. The van der Waals surface area contributed by atoms with Gasteiger partial charge in [0.05, 0.1) is 22.2 Å². The van der Waals surface area contributed by atoms with E-state index in [9.17, 15) is 13.8 Å². The van der Waals surface area contributed by atoms with Crippen molar-refractivity contribution in [2.75, 3.05) is 18.5 Å². The zero-order valence-electron chi connectivity index (χ0n) is 21.1. The van der Waals surface area contributed by atoms with Gasteiger partial charge in [-0.05, 0) is 59.8 Å². The van der Waals surface area contributed by atoms with Gasteiger partial charge in [0.15, 0.2) is 16.6 Å². The van der Waals surface area contributed by atoms with Gasteiger partial charge in [-0.3, -0.25) is 9.59 Å². The highest BCUT2D eigenvalue weighted by Crippen LogP contribution is 2.52. The monoisotopic (exact) mass is 590 g/mol. The molecule has 1 saturated heterocycles. The first kappa shape index (κ1) is 25.0. The number of carbonyl (C=O) groups excluding carboxylic acids is 2. The summed E-state index contributed by atoms with van der Waals surface area (Å²) in [6.07, 6.45) is 4.92. The largest absolute Gasteiger partial charge is 0.342 e. The van der Waals surface area contributed by atoms with Gasteiger partial charge < -0.3 is 9.80 Å². The van der Waals surface area contributed by atoms with E-state index in [1.54, 1.807) is 22.1 Å². The van der Waals surface area contributed by atoms with Crippen molar-refractivity contribution in [2.24, 2.45) is 0 Å². The van der Waals surface area contributed by atoms with Crippen LogP contribution in [0.3, 0.4) is 0 Å². The molecule has 3 atom stereocenters. The maximum absolute atomic E-state index is 14.0. The summed E-state index contributed by atoms with van der Waals surface area (Å²) in [5.41, 5.74) is 3.06. The Kier molecular flexibility index (Phi) is 6.23. The molecule has 2 aliphatic heterocycles. The van der Waals surface area contributed by atoms with Crippen LogP contribution >= 0.6 is 15.9 Å². The number of likely N-dealkylation sites (N-methyl/N-ethyl adjacent to an activating group) is 1. The Bertz CT molecular complexity index is 1590. The average molecular weight is 592 g/mol. The molecule has 2 aromatic carbocycles. The number of nitrogens with zero attached hydrogens (tertiary/aromatic N) is 4. The van der Waals surface area contributed by atoms with Gasteiger partial charge in [0.25, 0.3) is 0 Å². The summed E-state index contributed by atoms with van der Waals surface area (Å²) in [5, 5.41) is 0.806. The first-order chi connectivity index (χ1) is 18.4. The van der Waals surface area contributed by atoms with Crippen LogP contribution in [-0.4, -0.2) is 50.0 Å². The summed E-state index contributed by atoms with van der Waals surface area (Å²) >= 11 is 3.79. The van der Waals surface area contributed by atoms with Gasteiger partial charge in [-0.15, -0.1) is 0 Å². The van der Waals surface area contributed by atoms with E-state index >= 15 is 0 Å². The molecule has 6 rings (SSSR count). The lowest BCUT2D eigenvalue weighted by Crippen LogP contribution is -2.42. The van der Waals surface area contributed by atoms with Crippen molar-refractivity contribution in [1.82, 2.24) is 13.9 Å². The second-order valence-electron chi connectivity index (χ2n) is 10.1. The van der Waals surface area contributed by atoms with Crippen molar-refractivity contribution in [3.63, 3.8) is 0 Å². The second kappa shape index (κ2) is 9.47. The van der Waals surface area contributed by atoms with Crippen LogP contribution in [0.1, 0.15) is 31.7 Å². The number of halogens is 1. The molecule has 9 heteroatoms. The molecule has 0 spiro atoms. The highest BCUT2D eigenvalue weighted by Gasteiger charge is 2.50. The predicted molar refractivity (Wildman–Crippen MR) is 152 cm³/mol. The van der Waals surface area contributed by atoms with Crippen LogP contribution in [0.15, 0.2) is 76.4 Å². The molecule has 7 nitrogen and oxygen atoms in total. The standard InChI is InChI=1S/C29H27BrN4O3S/c1-29(16-20-12-9-15-33(20)18-35)25-22(32(2)28(29)36)17-31-27-24(25)23(19-10-5-3-6-11-19)26(30)34(27)38(37)21-13-7-4-8-14-21/h3-8,10-11,13-14,17-18,20H,9,12,15-16H2,1-2H3. The Balaban J connectivity index is 1.66. The third kappa shape index (κ3) is 3.66. The van der Waals surface area contributed by atoms with Crippen LogP contribution in [0, 0.1) is 0 Å². The Hall–Kier alpha value is -3.30. The molecule has 38 heavy (non-hydrogen) atoms. The molecule has 4 heterocycles. The van der Waals surface area contributed by atoms with Crippen LogP contribution in [0.2, 0.25) is 0 Å². The maximum Gasteiger partial charge on any atom is 0.237 e. The third-order valence-corrected chi connectivity index (χ3v) is 10.3. The number of fused-ring (bicyclic) bond motifs is 3. The van der Waals surface area contributed by atoms with Crippen LogP contribution < -0.4 is 4.90 Å². The van der Waals surface area contributed by atoms with Crippen LogP contribution in [-0.2, 0) is 26.0 Å². The minimum atomic E-state index is -1.58. The number of rotatable bonds is 6. The Morgan fingerprint density at radius 2 is 1.82 bits per heavy atom. The minimum Gasteiger partial charge on any atom is -0.342 e. The molecule has 0 radical (unpaired) electrons. The molecule has 0 N–H and O–H groups in total. The number of anilines is 1. The summed E-state index contributed by atoms with van der Waals surface area (Å²) < 4.78 is 16.3. The highest BCUT2D eigenvalue weighted by atomic mass is 79.9. The normalized spacial score (nSPS) is 21.8. The third-order valence-electron chi connectivity index (χ3n) is 7.93. The van der Waals surface area contributed by atoms with E-state index in [-0.39, 0.29) is 11.9 Å². The Labute approximate surface area is 232 Å². The van der Waals surface area contributed by atoms with Gasteiger partial charge in [0.2, 0.25) is 12.3 Å². The molecule has 3 unspecified atom stereocenters. The molecular weight excluding hydrogens is 564 g/mol. The predicted octanol–water partition coefficient (Wildman–Crippen LogP) is 5.28. The minimum absolute atomic E-state index is 0.0202. The van der Waals surface area contributed by atoms with E-state index in [4.69, 9.17) is 4.98 Å². The number of pyridine rings is 1. The zero-order valence-corrected chi connectivity index (χ0v) is 23.5.